The molecule has 0 aromatic heterocycles. The summed E-state index contributed by atoms with van der Waals surface area (Å²) in [4.78, 5) is 55.9. The minimum Gasteiger partial charge on any atom is -0.458 e. The first-order valence-electron chi connectivity index (χ1n) is 15.5. The summed E-state index contributed by atoms with van der Waals surface area (Å²) in [6.45, 7) is 15.5. The number of carbonyl (C=O) groups is 4. The van der Waals surface area contributed by atoms with Gasteiger partial charge in [0, 0.05) is 13.0 Å². The Labute approximate surface area is 267 Å². The van der Waals surface area contributed by atoms with Crippen molar-refractivity contribution in [2.24, 2.45) is 0 Å². The van der Waals surface area contributed by atoms with E-state index in [1.54, 1.807) is 47.6 Å². The largest absolute Gasteiger partial charge is 0.458 e. The standard InChI is InChI=1S/C35H51N3O7/c1-10-11-19-38(31(41)28(22-39)37-33(43)45-35(7,8)9)29(26-18-17-23(2)20-24(26)3)30(40)36-27(32(42)44-34(4,5)6)21-25-15-13-12-14-16-25/h12-18,20,27-29,39H,10-11,19,21-22H2,1-9H3,(H,36,40)(H,37,43). The van der Waals surface area contributed by atoms with Crippen molar-refractivity contribution in [3.8, 4) is 0 Å². The number of aryl methyl sites for hydroxylation is 2. The number of amides is 3. The van der Waals surface area contributed by atoms with E-state index in [-0.39, 0.29) is 13.0 Å². The van der Waals surface area contributed by atoms with Gasteiger partial charge in [0.1, 0.15) is 29.3 Å². The van der Waals surface area contributed by atoms with Crippen LogP contribution in [0.1, 0.15) is 89.6 Å². The number of hydrogen-bond acceptors (Lipinski definition) is 7. The van der Waals surface area contributed by atoms with Crippen molar-refractivity contribution in [3.05, 3.63) is 70.8 Å². The first-order chi connectivity index (χ1) is 21.0. The number of hydrogen-bond donors (Lipinski definition) is 3. The summed E-state index contributed by atoms with van der Waals surface area (Å²) in [5.74, 6) is -1.86. The van der Waals surface area contributed by atoms with Gasteiger partial charge >= 0.3 is 12.1 Å². The minimum atomic E-state index is -1.37. The van der Waals surface area contributed by atoms with Crippen LogP contribution in [0.4, 0.5) is 4.79 Å². The SMILES string of the molecule is CCCCN(C(=O)C(CO)NC(=O)OC(C)(C)C)C(C(=O)NC(Cc1ccccc1)C(=O)OC(C)(C)C)c1ccc(C)cc1C. The van der Waals surface area contributed by atoms with E-state index in [9.17, 15) is 24.3 Å². The predicted molar refractivity (Wildman–Crippen MR) is 173 cm³/mol. The molecule has 2 aromatic rings. The van der Waals surface area contributed by atoms with E-state index in [0.29, 0.717) is 18.4 Å². The third-order valence-electron chi connectivity index (χ3n) is 6.78. The molecule has 0 saturated carbocycles. The van der Waals surface area contributed by atoms with Gasteiger partial charge in [-0.15, -0.1) is 0 Å². The van der Waals surface area contributed by atoms with E-state index in [0.717, 1.165) is 16.7 Å². The maximum absolute atomic E-state index is 14.4. The third-order valence-corrected chi connectivity index (χ3v) is 6.78. The average Bonchev–Trinajstić information content (AvgIpc) is 2.92. The van der Waals surface area contributed by atoms with Gasteiger partial charge in [-0.25, -0.2) is 9.59 Å². The molecule has 0 aliphatic rings. The molecule has 0 heterocycles. The van der Waals surface area contributed by atoms with Crippen LogP contribution in [0.15, 0.2) is 48.5 Å². The van der Waals surface area contributed by atoms with Crippen molar-refractivity contribution in [3.63, 3.8) is 0 Å². The quantitative estimate of drug-likeness (QED) is 0.269. The lowest BCUT2D eigenvalue weighted by Crippen LogP contribution is -2.56. The number of aliphatic hydroxyl groups is 1. The molecule has 3 N–H and O–H groups in total. The van der Waals surface area contributed by atoms with Gasteiger partial charge in [-0.3, -0.25) is 9.59 Å². The Balaban J connectivity index is 2.60. The molecule has 0 fully saturated rings. The number of ether oxygens (including phenoxy) is 2. The second-order valence-corrected chi connectivity index (χ2v) is 13.3. The van der Waals surface area contributed by atoms with Gasteiger partial charge in [0.15, 0.2) is 0 Å². The lowest BCUT2D eigenvalue weighted by Gasteiger charge is -2.35. The average molecular weight is 626 g/mol. The molecule has 2 aromatic carbocycles. The lowest BCUT2D eigenvalue weighted by atomic mass is 9.95. The van der Waals surface area contributed by atoms with Crippen LogP contribution in [0.2, 0.25) is 0 Å². The van der Waals surface area contributed by atoms with Crippen LogP contribution >= 0.6 is 0 Å². The van der Waals surface area contributed by atoms with Crippen LogP contribution in [0.3, 0.4) is 0 Å². The maximum Gasteiger partial charge on any atom is 0.408 e. The number of esters is 1. The van der Waals surface area contributed by atoms with Crippen molar-refractivity contribution in [1.82, 2.24) is 15.5 Å². The Kier molecular flexibility index (Phi) is 13.6. The van der Waals surface area contributed by atoms with Gasteiger partial charge in [-0.1, -0.05) is 67.4 Å². The Morgan fingerprint density at radius 3 is 2.02 bits per heavy atom. The van der Waals surface area contributed by atoms with Crippen molar-refractivity contribution >= 4 is 23.9 Å². The molecule has 10 heteroatoms. The molecule has 248 valence electrons. The van der Waals surface area contributed by atoms with Crippen LogP contribution in [0.5, 0.6) is 0 Å². The summed E-state index contributed by atoms with van der Waals surface area (Å²) in [5.41, 5.74) is 1.48. The maximum atomic E-state index is 14.4. The zero-order valence-electron chi connectivity index (χ0n) is 28.2. The highest BCUT2D eigenvalue weighted by atomic mass is 16.6. The van der Waals surface area contributed by atoms with E-state index >= 15 is 0 Å². The smallest absolute Gasteiger partial charge is 0.408 e. The first kappa shape index (κ1) is 37.3. The molecule has 0 saturated heterocycles. The van der Waals surface area contributed by atoms with Gasteiger partial charge in [0.25, 0.3) is 0 Å². The first-order valence-corrected chi connectivity index (χ1v) is 15.5. The van der Waals surface area contributed by atoms with E-state index in [2.05, 4.69) is 10.6 Å². The number of unbranched alkanes of at least 4 members (excludes halogenated alkanes) is 1. The summed E-state index contributed by atoms with van der Waals surface area (Å²) in [6.07, 6.45) is 0.558. The molecular weight excluding hydrogens is 574 g/mol. The highest BCUT2D eigenvalue weighted by Crippen LogP contribution is 2.27. The van der Waals surface area contributed by atoms with Gasteiger partial charge in [-0.2, -0.15) is 0 Å². The minimum absolute atomic E-state index is 0.156. The Morgan fingerprint density at radius 2 is 1.49 bits per heavy atom. The van der Waals surface area contributed by atoms with Crippen LogP contribution in [-0.4, -0.2) is 70.3 Å². The second-order valence-electron chi connectivity index (χ2n) is 13.3. The predicted octanol–water partition coefficient (Wildman–Crippen LogP) is 4.93. The fourth-order valence-electron chi connectivity index (χ4n) is 4.78. The van der Waals surface area contributed by atoms with E-state index in [4.69, 9.17) is 9.47 Å². The molecule has 45 heavy (non-hydrogen) atoms. The highest BCUT2D eigenvalue weighted by Gasteiger charge is 2.38. The molecule has 2 rings (SSSR count). The van der Waals surface area contributed by atoms with E-state index < -0.39 is 59.8 Å². The normalized spacial score (nSPS) is 13.6. The van der Waals surface area contributed by atoms with Crippen LogP contribution < -0.4 is 10.6 Å². The molecule has 3 unspecified atom stereocenters. The fraction of sp³-hybridized carbons (Fsp3) is 0.543. The summed E-state index contributed by atoms with van der Waals surface area (Å²) in [6, 6.07) is 11.2. The molecule has 10 nitrogen and oxygen atoms in total. The number of rotatable bonds is 13. The van der Waals surface area contributed by atoms with Crippen molar-refractivity contribution in [2.45, 2.75) is 111 Å². The van der Waals surface area contributed by atoms with Crippen LogP contribution in [0, 0.1) is 13.8 Å². The van der Waals surface area contributed by atoms with E-state index in [1.807, 2.05) is 63.2 Å². The summed E-state index contributed by atoms with van der Waals surface area (Å²) in [7, 11) is 0. The Bertz CT molecular complexity index is 1300. The monoisotopic (exact) mass is 625 g/mol. The Morgan fingerprint density at radius 1 is 0.867 bits per heavy atom. The summed E-state index contributed by atoms with van der Waals surface area (Å²) in [5, 5.41) is 15.6. The molecule has 0 bridgehead atoms. The third kappa shape index (κ3) is 12.2. The zero-order chi connectivity index (χ0) is 33.9. The molecule has 0 aliphatic carbocycles. The van der Waals surface area contributed by atoms with Crippen LogP contribution in [0.25, 0.3) is 0 Å². The summed E-state index contributed by atoms with van der Waals surface area (Å²) >= 11 is 0. The van der Waals surface area contributed by atoms with Gasteiger partial charge in [0.05, 0.1) is 6.61 Å². The highest BCUT2D eigenvalue weighted by molar-refractivity contribution is 5.94. The second kappa shape index (κ2) is 16.4. The number of aliphatic hydroxyl groups excluding tert-OH is 1. The number of alkyl carbamates (subject to hydrolysis) is 1. The molecule has 0 spiro atoms. The van der Waals surface area contributed by atoms with Gasteiger partial charge in [0.2, 0.25) is 11.8 Å². The van der Waals surface area contributed by atoms with Gasteiger partial charge in [-0.05, 0) is 78.5 Å². The number of nitrogens with one attached hydrogen (secondary N) is 2. The van der Waals surface area contributed by atoms with Crippen molar-refractivity contribution < 1.29 is 33.8 Å². The van der Waals surface area contributed by atoms with Crippen molar-refractivity contribution in [1.29, 1.82) is 0 Å². The molecule has 3 amide bonds. The number of carbonyl (C=O) groups excluding carboxylic acids is 4. The topological polar surface area (TPSA) is 134 Å². The lowest BCUT2D eigenvalue weighted by molar-refractivity contribution is -0.159. The zero-order valence-corrected chi connectivity index (χ0v) is 28.2. The fourth-order valence-corrected chi connectivity index (χ4v) is 4.78. The molecule has 0 radical (unpaired) electrons. The molecular formula is C35H51N3O7. The van der Waals surface area contributed by atoms with Crippen molar-refractivity contribution in [2.75, 3.05) is 13.2 Å². The molecule has 3 atom stereocenters. The number of nitrogens with zero attached hydrogens (tertiary/aromatic N) is 1. The number of benzene rings is 2. The van der Waals surface area contributed by atoms with Gasteiger partial charge < -0.3 is 30.1 Å². The summed E-state index contributed by atoms with van der Waals surface area (Å²) < 4.78 is 11.0. The van der Waals surface area contributed by atoms with Crippen LogP contribution in [-0.2, 0) is 30.3 Å². The Hall–Kier alpha value is -3.92. The molecule has 0 aliphatic heterocycles. The van der Waals surface area contributed by atoms with E-state index in [1.165, 1.54) is 4.90 Å².